The number of nitrogens with two attached hydrogens (primary N) is 1. The van der Waals surface area contributed by atoms with Gasteiger partial charge in [-0.15, -0.1) is 0 Å². The topological polar surface area (TPSA) is 73.1 Å². The smallest absolute Gasteiger partial charge is 0.234 e. The molecular formula is C13H22N4O. The number of nitrogens with one attached hydrogen (secondary N) is 1. The summed E-state index contributed by atoms with van der Waals surface area (Å²) in [6, 6.07) is 0.818. The molecule has 5 heteroatoms. The minimum Gasteiger partial charge on any atom is -0.474 e. The van der Waals surface area contributed by atoms with Gasteiger partial charge >= 0.3 is 0 Å². The average molecular weight is 250 g/mol. The summed E-state index contributed by atoms with van der Waals surface area (Å²) in [5.74, 6) is 1.36. The molecule has 0 radical (unpaired) electrons. The van der Waals surface area contributed by atoms with Gasteiger partial charge in [-0.25, -0.2) is 0 Å². The van der Waals surface area contributed by atoms with Gasteiger partial charge < -0.3 is 15.8 Å². The fraction of sp³-hybridized carbons (Fsp3) is 0.692. The van der Waals surface area contributed by atoms with E-state index in [1.807, 2.05) is 13.8 Å². The second-order valence-corrected chi connectivity index (χ2v) is 5.17. The highest BCUT2D eigenvalue weighted by molar-refractivity contribution is 5.34. The van der Waals surface area contributed by atoms with Crippen LogP contribution in [0.3, 0.4) is 0 Å². The summed E-state index contributed by atoms with van der Waals surface area (Å²) >= 11 is 0. The molecule has 1 heterocycles. The third kappa shape index (κ3) is 3.84. The lowest BCUT2D eigenvalue weighted by atomic mass is 9.92. The maximum absolute atomic E-state index is 5.89. The van der Waals surface area contributed by atoms with Crippen LogP contribution < -0.4 is 15.8 Å². The molecule has 1 aromatic rings. The lowest BCUT2D eigenvalue weighted by Gasteiger charge is -2.27. The van der Waals surface area contributed by atoms with Crippen molar-refractivity contribution in [3.8, 4) is 5.88 Å². The van der Waals surface area contributed by atoms with Gasteiger partial charge in [-0.2, -0.15) is 4.98 Å². The van der Waals surface area contributed by atoms with Crippen LogP contribution in [0.25, 0.3) is 0 Å². The Labute approximate surface area is 108 Å². The molecule has 100 valence electrons. The first-order valence-electron chi connectivity index (χ1n) is 6.64. The van der Waals surface area contributed by atoms with Crippen LogP contribution in [0.15, 0.2) is 12.4 Å². The maximum Gasteiger partial charge on any atom is 0.234 e. The first kappa shape index (κ1) is 13.1. The number of nitrogens with zero attached hydrogens (tertiary/aromatic N) is 2. The molecule has 0 bridgehead atoms. The monoisotopic (exact) mass is 250 g/mol. The molecule has 1 fully saturated rings. The van der Waals surface area contributed by atoms with Gasteiger partial charge in [0.05, 0.1) is 18.5 Å². The molecular weight excluding hydrogens is 228 g/mol. The zero-order chi connectivity index (χ0) is 13.0. The van der Waals surface area contributed by atoms with E-state index in [1.54, 1.807) is 12.4 Å². The van der Waals surface area contributed by atoms with E-state index in [0.717, 1.165) is 31.5 Å². The third-order valence-corrected chi connectivity index (χ3v) is 3.09. The van der Waals surface area contributed by atoms with E-state index < -0.39 is 0 Å². The largest absolute Gasteiger partial charge is 0.474 e. The van der Waals surface area contributed by atoms with Crippen molar-refractivity contribution in [1.29, 1.82) is 0 Å². The van der Waals surface area contributed by atoms with Gasteiger partial charge in [0.25, 0.3) is 0 Å². The molecule has 0 amide bonds. The molecule has 1 aromatic heterocycles. The van der Waals surface area contributed by atoms with Crippen molar-refractivity contribution in [2.75, 3.05) is 5.32 Å². The normalized spacial score (nSPS) is 24.0. The van der Waals surface area contributed by atoms with E-state index in [1.165, 1.54) is 0 Å². The van der Waals surface area contributed by atoms with Crippen LogP contribution in [0, 0.1) is 0 Å². The number of ether oxygens (including phenoxy) is 1. The SMILES string of the molecule is CC(C)Oc1cncc(NC2CCC(N)CC2)n1. The van der Waals surface area contributed by atoms with Crippen LogP contribution in [-0.4, -0.2) is 28.2 Å². The molecule has 0 atom stereocenters. The van der Waals surface area contributed by atoms with Gasteiger partial charge in [-0.3, -0.25) is 4.98 Å². The highest BCUT2D eigenvalue weighted by Gasteiger charge is 2.18. The molecule has 1 aliphatic carbocycles. The van der Waals surface area contributed by atoms with E-state index in [9.17, 15) is 0 Å². The van der Waals surface area contributed by atoms with Crippen molar-refractivity contribution in [2.24, 2.45) is 5.73 Å². The van der Waals surface area contributed by atoms with Crippen molar-refractivity contribution in [2.45, 2.75) is 57.7 Å². The standard InChI is InChI=1S/C13H22N4O/c1-9(2)18-13-8-15-7-12(17-13)16-11-5-3-10(14)4-6-11/h7-11H,3-6,14H2,1-2H3,(H,16,17). The Hall–Kier alpha value is -1.36. The second kappa shape index (κ2) is 6.00. The fourth-order valence-electron chi connectivity index (χ4n) is 2.19. The summed E-state index contributed by atoms with van der Waals surface area (Å²) in [6.07, 6.45) is 7.84. The fourth-order valence-corrected chi connectivity index (χ4v) is 2.19. The Morgan fingerprint density at radius 3 is 2.67 bits per heavy atom. The average Bonchev–Trinajstić information content (AvgIpc) is 2.32. The summed E-state index contributed by atoms with van der Waals surface area (Å²) in [4.78, 5) is 8.54. The predicted octanol–water partition coefficient (Wildman–Crippen LogP) is 1.95. The molecule has 2 rings (SSSR count). The molecule has 1 aliphatic rings. The molecule has 0 aliphatic heterocycles. The Morgan fingerprint density at radius 2 is 2.00 bits per heavy atom. The number of hydrogen-bond acceptors (Lipinski definition) is 5. The van der Waals surface area contributed by atoms with Crippen LogP contribution >= 0.6 is 0 Å². The summed E-state index contributed by atoms with van der Waals surface area (Å²) < 4.78 is 5.53. The van der Waals surface area contributed by atoms with E-state index in [4.69, 9.17) is 10.5 Å². The Bertz CT molecular complexity index is 375. The quantitative estimate of drug-likeness (QED) is 0.854. The van der Waals surface area contributed by atoms with E-state index in [0.29, 0.717) is 18.0 Å². The second-order valence-electron chi connectivity index (χ2n) is 5.17. The molecule has 3 N–H and O–H groups in total. The Morgan fingerprint density at radius 1 is 1.28 bits per heavy atom. The lowest BCUT2D eigenvalue weighted by molar-refractivity contribution is 0.232. The number of aromatic nitrogens is 2. The number of anilines is 1. The number of hydrogen-bond donors (Lipinski definition) is 2. The van der Waals surface area contributed by atoms with Crippen LogP contribution in [0.5, 0.6) is 5.88 Å². The summed E-state index contributed by atoms with van der Waals surface area (Å²) in [6.45, 7) is 3.95. The highest BCUT2D eigenvalue weighted by Crippen LogP contribution is 2.21. The van der Waals surface area contributed by atoms with Gasteiger partial charge in [-0.05, 0) is 39.5 Å². The predicted molar refractivity (Wildman–Crippen MR) is 71.7 cm³/mol. The van der Waals surface area contributed by atoms with Gasteiger partial charge in [0.1, 0.15) is 5.82 Å². The summed E-state index contributed by atoms with van der Waals surface area (Å²) in [5, 5.41) is 3.41. The molecule has 0 saturated heterocycles. The van der Waals surface area contributed by atoms with E-state index in [-0.39, 0.29) is 6.10 Å². The lowest BCUT2D eigenvalue weighted by Crippen LogP contribution is -2.33. The van der Waals surface area contributed by atoms with E-state index in [2.05, 4.69) is 15.3 Å². The summed E-state index contributed by atoms with van der Waals surface area (Å²) in [5.41, 5.74) is 5.89. The summed E-state index contributed by atoms with van der Waals surface area (Å²) in [7, 11) is 0. The van der Waals surface area contributed by atoms with Gasteiger partial charge in [0.2, 0.25) is 5.88 Å². The molecule has 0 aromatic carbocycles. The molecule has 0 unspecified atom stereocenters. The molecule has 5 nitrogen and oxygen atoms in total. The van der Waals surface area contributed by atoms with E-state index >= 15 is 0 Å². The molecule has 0 spiro atoms. The van der Waals surface area contributed by atoms with Crippen molar-refractivity contribution < 1.29 is 4.74 Å². The zero-order valence-corrected chi connectivity index (χ0v) is 11.1. The first-order valence-corrected chi connectivity index (χ1v) is 6.64. The van der Waals surface area contributed by atoms with Gasteiger partial charge in [0, 0.05) is 12.1 Å². The molecule has 18 heavy (non-hydrogen) atoms. The maximum atomic E-state index is 5.89. The van der Waals surface area contributed by atoms with Gasteiger partial charge in [-0.1, -0.05) is 0 Å². The zero-order valence-electron chi connectivity index (χ0n) is 11.1. The van der Waals surface area contributed by atoms with Crippen molar-refractivity contribution >= 4 is 5.82 Å². The highest BCUT2D eigenvalue weighted by atomic mass is 16.5. The van der Waals surface area contributed by atoms with Crippen molar-refractivity contribution in [1.82, 2.24) is 9.97 Å². The van der Waals surface area contributed by atoms with Crippen molar-refractivity contribution in [3.05, 3.63) is 12.4 Å². The van der Waals surface area contributed by atoms with Gasteiger partial charge in [0.15, 0.2) is 0 Å². The number of rotatable bonds is 4. The van der Waals surface area contributed by atoms with Crippen LogP contribution in [-0.2, 0) is 0 Å². The third-order valence-electron chi connectivity index (χ3n) is 3.09. The first-order chi connectivity index (χ1) is 8.63. The van der Waals surface area contributed by atoms with Crippen LogP contribution in [0.4, 0.5) is 5.82 Å². The molecule has 1 saturated carbocycles. The van der Waals surface area contributed by atoms with Crippen LogP contribution in [0.1, 0.15) is 39.5 Å². The minimum atomic E-state index is 0.113. The minimum absolute atomic E-state index is 0.113. The Kier molecular flexibility index (Phi) is 4.36. The Balaban J connectivity index is 1.92. The van der Waals surface area contributed by atoms with Crippen LogP contribution in [0.2, 0.25) is 0 Å². The van der Waals surface area contributed by atoms with Crippen molar-refractivity contribution in [3.63, 3.8) is 0 Å².